The van der Waals surface area contributed by atoms with Gasteiger partial charge in [0, 0.05) is 0 Å². The van der Waals surface area contributed by atoms with E-state index in [1.54, 1.807) is 0 Å². The highest BCUT2D eigenvalue weighted by atomic mass is 16.7. The maximum Gasteiger partial charge on any atom is 0.327 e. The number of hydrogen-bond donors (Lipinski definition) is 6. The van der Waals surface area contributed by atoms with Crippen LogP contribution in [-0.4, -0.2) is 32.9 Å². The lowest BCUT2D eigenvalue weighted by Crippen LogP contribution is -2.68. The summed E-state index contributed by atoms with van der Waals surface area (Å²) in [5.41, 5.74) is 7.46. The fourth-order valence-electron chi connectivity index (χ4n) is 0.399. The van der Waals surface area contributed by atoms with Crippen LogP contribution in [0.5, 0.6) is 0 Å². The normalized spacial score (nSPS) is 12.8. The highest BCUT2D eigenvalue weighted by Crippen LogP contribution is 2.12. The van der Waals surface area contributed by atoms with Gasteiger partial charge in [0.1, 0.15) is 0 Å². The molecule has 0 aromatic heterocycles. The molecule has 0 radical (unpaired) electrons. The number of hydrogen-bond acceptors (Lipinski definition) is 8. The first-order valence-electron chi connectivity index (χ1n) is 2.85. The van der Waals surface area contributed by atoms with E-state index in [2.05, 4.69) is 10.7 Å². The number of rotatable bonds is 3. The van der Waals surface area contributed by atoms with Crippen LogP contribution in [0.15, 0.2) is 0 Å². The van der Waals surface area contributed by atoms with Crippen LogP contribution in [0.3, 0.4) is 0 Å². The van der Waals surface area contributed by atoms with Gasteiger partial charge < -0.3 is 31.6 Å². The van der Waals surface area contributed by atoms with Gasteiger partial charge in [-0.3, -0.25) is 4.79 Å². The Morgan fingerprint density at radius 2 is 1.75 bits per heavy atom. The summed E-state index contributed by atoms with van der Waals surface area (Å²) in [6.45, 7) is 0. The minimum Gasteiger partial charge on any atom is -0.373 e. The van der Waals surface area contributed by atoms with E-state index in [-0.39, 0.29) is 0 Å². The lowest BCUT2D eigenvalue weighted by Gasteiger charge is -2.31. The third kappa shape index (κ3) is 2.70. The molecule has 0 amide bonds. The first kappa shape index (κ1) is 11.2. The van der Waals surface area contributed by atoms with E-state index in [1.807, 2.05) is 0 Å². The maximum absolute atomic E-state index is 10.4. The van der Waals surface area contributed by atoms with Gasteiger partial charge in [-0.2, -0.15) is 5.90 Å². The Morgan fingerprint density at radius 3 is 2.00 bits per heavy atom. The predicted molar refractivity (Wildman–Crippen MR) is 35.4 cm³/mol. The molecule has 72 valence electrons. The minimum absolute atomic E-state index is 0.840. The molecule has 0 spiro atoms. The fourth-order valence-corrected chi connectivity index (χ4v) is 0.399. The Bertz CT molecular complexity index is 174. The van der Waals surface area contributed by atoms with E-state index in [9.17, 15) is 4.79 Å². The Hall–Kier alpha value is -0.770. The Kier molecular flexibility index (Phi) is 3.10. The van der Waals surface area contributed by atoms with Gasteiger partial charge in [-0.05, 0) is 0 Å². The lowest BCUT2D eigenvalue weighted by atomic mass is 10.1. The molecule has 0 unspecified atom stereocenters. The van der Waals surface area contributed by atoms with E-state index < -0.39 is 24.0 Å². The largest absolute Gasteiger partial charge is 0.373 e. The minimum atomic E-state index is -3.37. The van der Waals surface area contributed by atoms with Crippen molar-refractivity contribution >= 4 is 5.97 Å². The van der Waals surface area contributed by atoms with Crippen LogP contribution in [0.1, 0.15) is 6.42 Å². The third-order valence-corrected chi connectivity index (χ3v) is 1.19. The summed E-state index contributed by atoms with van der Waals surface area (Å²) in [7, 11) is 0. The quantitative estimate of drug-likeness (QED) is 0.189. The van der Waals surface area contributed by atoms with Crippen LogP contribution in [0, 0.1) is 0 Å². The maximum atomic E-state index is 10.4. The molecule has 8 nitrogen and oxygen atoms in total. The molecule has 0 aromatic carbocycles. The first-order valence-corrected chi connectivity index (χ1v) is 2.85. The van der Waals surface area contributed by atoms with E-state index in [4.69, 9.17) is 26.8 Å². The van der Waals surface area contributed by atoms with Crippen molar-refractivity contribution in [1.82, 2.24) is 0 Å². The van der Waals surface area contributed by atoms with Crippen LogP contribution < -0.4 is 17.4 Å². The van der Waals surface area contributed by atoms with E-state index in [0.717, 1.165) is 0 Å². The number of carbonyl (C=O) groups is 1. The highest BCUT2D eigenvalue weighted by Gasteiger charge is 2.44. The van der Waals surface area contributed by atoms with Crippen molar-refractivity contribution in [2.45, 2.75) is 18.1 Å². The van der Waals surface area contributed by atoms with Gasteiger partial charge in [0.05, 0.1) is 6.42 Å². The Labute approximate surface area is 67.5 Å². The van der Waals surface area contributed by atoms with Crippen LogP contribution in [0.2, 0.25) is 0 Å². The van der Waals surface area contributed by atoms with Crippen molar-refractivity contribution in [3.63, 3.8) is 0 Å². The molecule has 9 N–H and O–H groups in total. The zero-order valence-electron chi connectivity index (χ0n) is 6.10. The second-order valence-corrected chi connectivity index (χ2v) is 2.34. The van der Waals surface area contributed by atoms with Crippen LogP contribution in [-0.2, 0) is 9.63 Å². The van der Waals surface area contributed by atoms with Gasteiger partial charge in [-0.1, -0.05) is 0 Å². The summed E-state index contributed by atoms with van der Waals surface area (Å²) in [6.07, 6.45) is -0.840. The van der Waals surface area contributed by atoms with E-state index in [0.29, 0.717) is 0 Å². The molecule has 8 heteroatoms. The van der Waals surface area contributed by atoms with Gasteiger partial charge >= 0.3 is 11.9 Å². The molecule has 0 fully saturated rings. The molecular weight excluding hydrogens is 170 g/mol. The molecule has 0 saturated carbocycles. The van der Waals surface area contributed by atoms with Crippen molar-refractivity contribution in [2.75, 3.05) is 0 Å². The fraction of sp³-hybridized carbons (Fsp3) is 0.750. The third-order valence-electron chi connectivity index (χ3n) is 1.19. The Balaban J connectivity index is 4.33. The van der Waals surface area contributed by atoms with Gasteiger partial charge in [-0.25, -0.2) is 0 Å². The molecule has 0 aliphatic carbocycles. The molecule has 0 saturated heterocycles. The standard InChI is InChI=1S/C4H11N3O5/c5-3(6,4(9,10)11)1-2(8)12-7/h9-11H,1,5-7H2. The molecule has 0 heterocycles. The molecule has 0 aliphatic rings. The number of aliphatic hydroxyl groups is 3. The number of nitrogens with two attached hydrogens (primary N) is 3. The zero-order valence-corrected chi connectivity index (χ0v) is 6.10. The van der Waals surface area contributed by atoms with Crippen molar-refractivity contribution < 1.29 is 25.0 Å². The molecular formula is C4H11N3O5. The second-order valence-electron chi connectivity index (χ2n) is 2.34. The van der Waals surface area contributed by atoms with Crippen molar-refractivity contribution in [3.05, 3.63) is 0 Å². The van der Waals surface area contributed by atoms with E-state index >= 15 is 0 Å². The van der Waals surface area contributed by atoms with Gasteiger partial charge in [-0.15, -0.1) is 0 Å². The average Bonchev–Trinajstić information content (AvgIpc) is 1.84. The Morgan fingerprint density at radius 1 is 1.33 bits per heavy atom. The van der Waals surface area contributed by atoms with E-state index in [1.165, 1.54) is 0 Å². The highest BCUT2D eigenvalue weighted by molar-refractivity contribution is 5.70. The van der Waals surface area contributed by atoms with Crippen LogP contribution in [0.25, 0.3) is 0 Å². The second kappa shape index (κ2) is 3.31. The monoisotopic (exact) mass is 181 g/mol. The zero-order chi connectivity index (χ0) is 9.99. The summed E-state index contributed by atoms with van der Waals surface area (Å²) in [5.74, 6) is -0.0388. The van der Waals surface area contributed by atoms with Gasteiger partial charge in [0.2, 0.25) is 0 Å². The first-order chi connectivity index (χ1) is 5.20. The van der Waals surface area contributed by atoms with Gasteiger partial charge in [0.25, 0.3) is 0 Å². The molecule has 0 aromatic rings. The van der Waals surface area contributed by atoms with Crippen LogP contribution in [0.4, 0.5) is 0 Å². The SMILES string of the molecule is NOC(=O)CC(N)(N)C(O)(O)O. The molecule has 12 heavy (non-hydrogen) atoms. The van der Waals surface area contributed by atoms with Crippen molar-refractivity contribution in [2.24, 2.45) is 17.4 Å². The number of carbonyl (C=O) groups excluding carboxylic acids is 1. The summed E-state index contributed by atoms with van der Waals surface area (Å²) >= 11 is 0. The summed E-state index contributed by atoms with van der Waals surface area (Å²) in [6, 6.07) is 0. The lowest BCUT2D eigenvalue weighted by molar-refractivity contribution is -0.348. The average molecular weight is 181 g/mol. The van der Waals surface area contributed by atoms with Crippen molar-refractivity contribution in [1.29, 1.82) is 0 Å². The summed E-state index contributed by atoms with van der Waals surface area (Å²) < 4.78 is 0. The van der Waals surface area contributed by atoms with Crippen LogP contribution >= 0.6 is 0 Å². The van der Waals surface area contributed by atoms with Crippen molar-refractivity contribution in [3.8, 4) is 0 Å². The predicted octanol–water partition coefficient (Wildman–Crippen LogP) is -3.96. The summed E-state index contributed by atoms with van der Waals surface area (Å²) in [5, 5.41) is 25.5. The molecule has 0 rings (SSSR count). The molecule has 0 aliphatic heterocycles. The smallest absolute Gasteiger partial charge is 0.327 e. The molecule has 0 bridgehead atoms. The topological polar surface area (TPSA) is 165 Å². The molecule has 0 atom stereocenters. The summed E-state index contributed by atoms with van der Waals surface area (Å²) in [4.78, 5) is 14.1. The van der Waals surface area contributed by atoms with Gasteiger partial charge in [0.15, 0.2) is 5.66 Å².